The predicted molar refractivity (Wildman–Crippen MR) is 51.4 cm³/mol. The fraction of sp³-hybridized carbons (Fsp3) is 0.500. The molecule has 0 atom stereocenters. The highest BCUT2D eigenvalue weighted by molar-refractivity contribution is 7.99. The van der Waals surface area contributed by atoms with Gasteiger partial charge in [0.2, 0.25) is 0 Å². The number of methoxy groups -OCH3 is 1. The SMILES string of the molecule is COCC#CCSc1nncn1C. The molecule has 4 nitrogen and oxygen atoms in total. The van der Waals surface area contributed by atoms with Gasteiger partial charge in [-0.05, 0) is 0 Å². The van der Waals surface area contributed by atoms with Crippen molar-refractivity contribution in [2.75, 3.05) is 19.5 Å². The number of ether oxygens (including phenoxy) is 1. The molecule has 0 amide bonds. The van der Waals surface area contributed by atoms with Crippen LogP contribution in [0.15, 0.2) is 11.5 Å². The van der Waals surface area contributed by atoms with Gasteiger partial charge < -0.3 is 9.30 Å². The molecule has 0 aliphatic carbocycles. The molecule has 1 aromatic rings. The lowest BCUT2D eigenvalue weighted by molar-refractivity contribution is 0.240. The molecule has 0 aliphatic heterocycles. The minimum atomic E-state index is 0.485. The Labute approximate surface area is 81.7 Å². The molecule has 0 saturated carbocycles. The summed E-state index contributed by atoms with van der Waals surface area (Å²) in [6, 6.07) is 0. The van der Waals surface area contributed by atoms with Gasteiger partial charge in [-0.15, -0.1) is 10.2 Å². The number of aryl methyl sites for hydroxylation is 1. The van der Waals surface area contributed by atoms with Gasteiger partial charge in [-0.2, -0.15) is 0 Å². The van der Waals surface area contributed by atoms with E-state index in [-0.39, 0.29) is 0 Å². The lowest BCUT2D eigenvalue weighted by Gasteiger charge is -1.93. The molecule has 1 rings (SSSR count). The Hall–Kier alpha value is -0.990. The Kier molecular flexibility index (Phi) is 4.36. The van der Waals surface area contributed by atoms with Crippen LogP contribution in [0.25, 0.3) is 0 Å². The van der Waals surface area contributed by atoms with Gasteiger partial charge in [0, 0.05) is 14.2 Å². The average Bonchev–Trinajstić information content (AvgIpc) is 2.52. The van der Waals surface area contributed by atoms with E-state index >= 15 is 0 Å². The standard InChI is InChI=1S/C8H11N3OS/c1-11-7-9-10-8(11)13-6-4-3-5-12-2/h7H,5-6H2,1-2H3. The van der Waals surface area contributed by atoms with Gasteiger partial charge in [0.05, 0.1) is 5.75 Å². The summed E-state index contributed by atoms with van der Waals surface area (Å²) in [5.41, 5.74) is 0. The molecule has 0 fully saturated rings. The normalized spacial score (nSPS) is 9.38. The maximum atomic E-state index is 4.79. The highest BCUT2D eigenvalue weighted by atomic mass is 32.2. The molecule has 1 aromatic heterocycles. The van der Waals surface area contributed by atoms with Crippen LogP contribution in [0, 0.1) is 11.8 Å². The first-order valence-corrected chi connectivity index (χ1v) is 4.74. The third kappa shape index (κ3) is 3.49. The fourth-order valence-electron chi connectivity index (χ4n) is 0.678. The van der Waals surface area contributed by atoms with E-state index in [1.54, 1.807) is 25.2 Å². The van der Waals surface area contributed by atoms with Crippen molar-refractivity contribution < 1.29 is 4.74 Å². The molecule has 1 heterocycles. The van der Waals surface area contributed by atoms with Gasteiger partial charge >= 0.3 is 0 Å². The average molecular weight is 197 g/mol. The van der Waals surface area contributed by atoms with E-state index in [0.717, 1.165) is 10.9 Å². The Bertz CT molecular complexity index is 313. The summed E-state index contributed by atoms with van der Waals surface area (Å²) in [4.78, 5) is 0. The molecule has 70 valence electrons. The first-order chi connectivity index (χ1) is 6.34. The van der Waals surface area contributed by atoms with Crippen LogP contribution in [0.3, 0.4) is 0 Å². The van der Waals surface area contributed by atoms with E-state index in [0.29, 0.717) is 6.61 Å². The van der Waals surface area contributed by atoms with Crippen molar-refractivity contribution in [1.29, 1.82) is 0 Å². The fourth-order valence-corrected chi connectivity index (χ4v) is 1.34. The second kappa shape index (κ2) is 5.62. The van der Waals surface area contributed by atoms with Gasteiger partial charge in [0.25, 0.3) is 0 Å². The lowest BCUT2D eigenvalue weighted by Crippen LogP contribution is -1.89. The molecule has 5 heteroatoms. The van der Waals surface area contributed by atoms with Crippen molar-refractivity contribution in [3.05, 3.63) is 6.33 Å². The third-order valence-electron chi connectivity index (χ3n) is 1.28. The van der Waals surface area contributed by atoms with Crippen LogP contribution in [-0.4, -0.2) is 34.2 Å². The van der Waals surface area contributed by atoms with Gasteiger partial charge in [-0.3, -0.25) is 0 Å². The van der Waals surface area contributed by atoms with E-state index in [1.807, 2.05) is 11.6 Å². The largest absolute Gasteiger partial charge is 0.372 e. The van der Waals surface area contributed by atoms with Crippen molar-refractivity contribution in [2.45, 2.75) is 5.16 Å². The van der Waals surface area contributed by atoms with E-state index in [2.05, 4.69) is 22.0 Å². The molecule has 0 radical (unpaired) electrons. The molecule has 13 heavy (non-hydrogen) atoms. The van der Waals surface area contributed by atoms with Crippen LogP contribution >= 0.6 is 11.8 Å². The highest BCUT2D eigenvalue weighted by Gasteiger charge is 1.97. The molecule has 0 bridgehead atoms. The van der Waals surface area contributed by atoms with Gasteiger partial charge in [-0.25, -0.2) is 0 Å². The molecule has 0 spiro atoms. The van der Waals surface area contributed by atoms with Gasteiger partial charge in [-0.1, -0.05) is 23.6 Å². The van der Waals surface area contributed by atoms with Gasteiger partial charge in [0.15, 0.2) is 5.16 Å². The maximum Gasteiger partial charge on any atom is 0.191 e. The van der Waals surface area contributed by atoms with Gasteiger partial charge in [0.1, 0.15) is 12.9 Å². The number of nitrogens with zero attached hydrogens (tertiary/aromatic N) is 3. The van der Waals surface area contributed by atoms with Crippen LogP contribution in [0.2, 0.25) is 0 Å². The van der Waals surface area contributed by atoms with Crippen LogP contribution in [0.4, 0.5) is 0 Å². The van der Waals surface area contributed by atoms with E-state index < -0.39 is 0 Å². The summed E-state index contributed by atoms with van der Waals surface area (Å²) < 4.78 is 6.65. The van der Waals surface area contributed by atoms with Crippen LogP contribution in [-0.2, 0) is 11.8 Å². The van der Waals surface area contributed by atoms with E-state index in [4.69, 9.17) is 4.74 Å². The smallest absolute Gasteiger partial charge is 0.191 e. The van der Waals surface area contributed by atoms with Crippen molar-refractivity contribution in [3.63, 3.8) is 0 Å². The molecule has 0 saturated heterocycles. The minimum Gasteiger partial charge on any atom is -0.372 e. The zero-order chi connectivity index (χ0) is 9.52. The summed E-state index contributed by atoms with van der Waals surface area (Å²) in [7, 11) is 3.54. The number of hydrogen-bond acceptors (Lipinski definition) is 4. The summed E-state index contributed by atoms with van der Waals surface area (Å²) >= 11 is 1.56. The zero-order valence-corrected chi connectivity index (χ0v) is 8.47. The molecular formula is C8H11N3OS. The first kappa shape index (κ1) is 10.1. The number of thioether (sulfide) groups is 1. The molecular weight excluding hydrogens is 186 g/mol. The number of aromatic nitrogens is 3. The van der Waals surface area contributed by atoms with Crippen molar-refractivity contribution in [2.24, 2.45) is 7.05 Å². The minimum absolute atomic E-state index is 0.485. The van der Waals surface area contributed by atoms with Crippen LogP contribution < -0.4 is 0 Å². The lowest BCUT2D eigenvalue weighted by atomic mass is 10.6. The summed E-state index contributed by atoms with van der Waals surface area (Å²) in [6.45, 7) is 0.485. The Morgan fingerprint density at radius 3 is 3.08 bits per heavy atom. The second-order valence-electron chi connectivity index (χ2n) is 2.30. The Morgan fingerprint density at radius 1 is 1.62 bits per heavy atom. The number of hydrogen-bond donors (Lipinski definition) is 0. The predicted octanol–water partition coefficient (Wildman–Crippen LogP) is 0.557. The summed E-state index contributed by atoms with van der Waals surface area (Å²) in [5.74, 6) is 6.54. The van der Waals surface area contributed by atoms with Crippen molar-refractivity contribution >= 4 is 11.8 Å². The Balaban J connectivity index is 2.29. The summed E-state index contributed by atoms with van der Waals surface area (Å²) in [6.07, 6.45) is 1.67. The van der Waals surface area contributed by atoms with Crippen LogP contribution in [0.5, 0.6) is 0 Å². The highest BCUT2D eigenvalue weighted by Crippen LogP contribution is 2.11. The molecule has 0 aliphatic rings. The second-order valence-corrected chi connectivity index (χ2v) is 3.24. The molecule has 0 N–H and O–H groups in total. The van der Waals surface area contributed by atoms with Crippen molar-refractivity contribution in [3.8, 4) is 11.8 Å². The quantitative estimate of drug-likeness (QED) is 0.524. The molecule has 0 unspecified atom stereocenters. The van der Waals surface area contributed by atoms with E-state index in [1.165, 1.54) is 0 Å². The van der Waals surface area contributed by atoms with Crippen molar-refractivity contribution in [1.82, 2.24) is 14.8 Å². The Morgan fingerprint density at radius 2 is 2.46 bits per heavy atom. The topological polar surface area (TPSA) is 39.9 Å². The zero-order valence-electron chi connectivity index (χ0n) is 7.65. The number of rotatable bonds is 3. The first-order valence-electron chi connectivity index (χ1n) is 3.76. The molecule has 0 aromatic carbocycles. The summed E-state index contributed by atoms with van der Waals surface area (Å²) in [5, 5.41) is 8.55. The monoisotopic (exact) mass is 197 g/mol. The van der Waals surface area contributed by atoms with E-state index in [9.17, 15) is 0 Å². The third-order valence-corrected chi connectivity index (χ3v) is 2.20. The van der Waals surface area contributed by atoms with Crippen LogP contribution in [0.1, 0.15) is 0 Å². The maximum absolute atomic E-state index is 4.79.